The Morgan fingerprint density at radius 3 is 2.83 bits per heavy atom. The average Bonchev–Trinajstić information content (AvgIpc) is 3.36. The van der Waals surface area contributed by atoms with E-state index >= 15 is 0 Å². The maximum atomic E-state index is 13.0. The number of likely N-dealkylation sites (tertiary alicyclic amines) is 1. The molecule has 190 valence electrons. The molecule has 2 fully saturated rings. The van der Waals surface area contributed by atoms with Crippen molar-refractivity contribution in [2.24, 2.45) is 5.16 Å². The van der Waals surface area contributed by atoms with Gasteiger partial charge in [0.1, 0.15) is 49.5 Å². The summed E-state index contributed by atoms with van der Waals surface area (Å²) in [5.41, 5.74) is 5.92. The van der Waals surface area contributed by atoms with Gasteiger partial charge in [0, 0.05) is 23.1 Å². The summed E-state index contributed by atoms with van der Waals surface area (Å²) in [6.07, 6.45) is -0.196. The predicted octanol–water partition coefficient (Wildman–Crippen LogP) is -2.95. The van der Waals surface area contributed by atoms with Crippen LogP contribution in [-0.2, 0) is 19.2 Å². The largest absolute Gasteiger partial charge is 0.543 e. The molecule has 1 unspecified atom stereocenters. The Balaban J connectivity index is 1.53. The summed E-state index contributed by atoms with van der Waals surface area (Å²) in [7, 11) is 3.11. The van der Waals surface area contributed by atoms with E-state index in [-0.39, 0.29) is 51.7 Å². The highest BCUT2D eigenvalue weighted by atomic mass is 32.2. The number of nitrogens with two attached hydrogens (primary N) is 1. The van der Waals surface area contributed by atoms with Crippen LogP contribution in [0.2, 0.25) is 0 Å². The SMILES string of the molecule is CO/N=C(\C(=O)N[C@@H]1C(=O)N2C(C(=O)[O-])=C(C[N+]3(C)C[C@H](O)C[C@H]3CO)CS[C@H]12)c1csc(N)n1. The number of anilines is 1. The zero-order valence-corrected chi connectivity index (χ0v) is 20.7. The van der Waals surface area contributed by atoms with Gasteiger partial charge in [-0.1, -0.05) is 5.16 Å². The zero-order valence-electron chi connectivity index (χ0n) is 19.0. The molecule has 15 heteroatoms. The molecular formula is C20H26N6O7S2. The Hall–Kier alpha value is -2.72. The van der Waals surface area contributed by atoms with Crippen molar-refractivity contribution in [3.8, 4) is 0 Å². The number of carbonyl (C=O) groups is 3. The number of aliphatic carboxylic acids is 1. The Morgan fingerprint density at radius 2 is 2.23 bits per heavy atom. The highest BCUT2D eigenvalue weighted by Crippen LogP contribution is 2.41. The third kappa shape index (κ3) is 4.61. The summed E-state index contributed by atoms with van der Waals surface area (Å²) in [5, 5.41) is 39.3. The number of aliphatic hydroxyl groups is 2. The van der Waals surface area contributed by atoms with Crippen LogP contribution in [0, 0.1) is 0 Å². The molecule has 5 N–H and O–H groups in total. The van der Waals surface area contributed by atoms with Crippen molar-refractivity contribution < 1.29 is 39.0 Å². The number of carbonyl (C=O) groups excluding carboxylic acids is 3. The first-order valence-corrected chi connectivity index (χ1v) is 12.7. The van der Waals surface area contributed by atoms with Gasteiger partial charge in [-0.2, -0.15) is 0 Å². The van der Waals surface area contributed by atoms with Crippen molar-refractivity contribution in [1.82, 2.24) is 15.2 Å². The van der Waals surface area contributed by atoms with Crippen molar-refractivity contribution in [2.75, 3.05) is 45.3 Å². The van der Waals surface area contributed by atoms with E-state index in [0.29, 0.717) is 18.5 Å². The number of thioether (sulfide) groups is 1. The van der Waals surface area contributed by atoms with Crippen LogP contribution < -0.4 is 16.2 Å². The predicted molar refractivity (Wildman–Crippen MR) is 125 cm³/mol. The molecule has 13 nitrogen and oxygen atoms in total. The van der Waals surface area contributed by atoms with Crippen LogP contribution in [0.3, 0.4) is 0 Å². The fraction of sp³-hybridized carbons (Fsp3) is 0.550. The van der Waals surface area contributed by atoms with E-state index in [0.717, 1.165) is 16.2 Å². The zero-order chi connectivity index (χ0) is 25.5. The standard InChI is InChI=1S/C20H26N6O7S2/c1-26(5-11(28)3-10(26)6-27)4-9-7-34-18-14(17(30)25(18)15(9)19(31)32)23-16(29)13(24-33-2)12-8-35-20(21)22-12/h8,10-11,14,18,27-28H,3-7H2,1-2H3,(H3-,21,22,23,29,31,32)/b24-13-/t10-,11+,14+,18+,26?/m0/s1. The number of carboxylic acids is 1. The molecule has 5 atom stereocenters. The quantitative estimate of drug-likeness (QED) is 0.118. The molecule has 1 aromatic rings. The fourth-order valence-electron chi connectivity index (χ4n) is 4.87. The number of carboxylic acid groups (broad SMARTS) is 1. The first-order chi connectivity index (χ1) is 16.6. The van der Waals surface area contributed by atoms with E-state index in [2.05, 4.69) is 15.5 Å². The van der Waals surface area contributed by atoms with Crippen LogP contribution in [0.15, 0.2) is 21.8 Å². The molecule has 4 heterocycles. The fourth-order valence-corrected chi connectivity index (χ4v) is 6.75. The maximum absolute atomic E-state index is 13.0. The number of aromatic nitrogens is 1. The molecule has 2 saturated heterocycles. The molecule has 0 bridgehead atoms. The summed E-state index contributed by atoms with van der Waals surface area (Å²) in [6, 6.07) is -1.23. The number of amides is 2. The van der Waals surface area contributed by atoms with E-state index in [4.69, 9.17) is 10.6 Å². The van der Waals surface area contributed by atoms with Gasteiger partial charge in [0.05, 0.1) is 25.3 Å². The van der Waals surface area contributed by atoms with Gasteiger partial charge in [0.15, 0.2) is 10.8 Å². The second-order valence-electron chi connectivity index (χ2n) is 8.84. The molecule has 1 aromatic heterocycles. The number of fused-ring (bicyclic) bond motifs is 1. The maximum Gasteiger partial charge on any atom is 0.276 e. The summed E-state index contributed by atoms with van der Waals surface area (Å²) < 4.78 is 0.255. The lowest BCUT2D eigenvalue weighted by molar-refractivity contribution is -0.918. The lowest BCUT2D eigenvalue weighted by atomic mass is 10.0. The number of quaternary nitrogens is 1. The molecule has 2 amide bonds. The molecule has 4 rings (SSSR count). The van der Waals surface area contributed by atoms with Gasteiger partial charge in [-0.15, -0.1) is 23.1 Å². The average molecular weight is 527 g/mol. The van der Waals surface area contributed by atoms with Crippen LogP contribution in [0.4, 0.5) is 5.13 Å². The van der Waals surface area contributed by atoms with E-state index < -0.39 is 35.3 Å². The molecule has 3 aliphatic rings. The highest BCUT2D eigenvalue weighted by Gasteiger charge is 2.54. The number of nitrogens with one attached hydrogen (secondary N) is 1. The number of oxime groups is 1. The minimum atomic E-state index is -1.49. The van der Waals surface area contributed by atoms with E-state index in [1.165, 1.54) is 24.3 Å². The van der Waals surface area contributed by atoms with E-state index in [1.54, 1.807) is 0 Å². The summed E-state index contributed by atoms with van der Waals surface area (Å²) in [5.74, 6) is -2.51. The van der Waals surface area contributed by atoms with Gasteiger partial charge < -0.3 is 40.5 Å². The number of hydrogen-bond acceptors (Lipinski definition) is 12. The third-order valence-corrected chi connectivity index (χ3v) is 8.52. The number of nitrogen functional groups attached to an aromatic ring is 1. The Kier molecular flexibility index (Phi) is 7.06. The van der Waals surface area contributed by atoms with E-state index in [1.807, 2.05) is 7.05 Å². The minimum absolute atomic E-state index is 0.149. The Bertz CT molecular complexity index is 1110. The number of rotatable bonds is 8. The van der Waals surface area contributed by atoms with Crippen LogP contribution >= 0.6 is 23.1 Å². The highest BCUT2D eigenvalue weighted by molar-refractivity contribution is 8.00. The number of likely N-dealkylation sites (N-methyl/N-ethyl adjacent to an activating group) is 1. The summed E-state index contributed by atoms with van der Waals surface area (Å²) >= 11 is 2.43. The van der Waals surface area contributed by atoms with Gasteiger partial charge in [-0.25, -0.2) is 4.98 Å². The van der Waals surface area contributed by atoms with Crippen molar-refractivity contribution in [1.29, 1.82) is 0 Å². The molecule has 0 aromatic carbocycles. The number of aliphatic hydroxyl groups excluding tert-OH is 2. The van der Waals surface area contributed by atoms with Crippen LogP contribution in [0.25, 0.3) is 0 Å². The third-order valence-electron chi connectivity index (χ3n) is 6.51. The first-order valence-electron chi connectivity index (χ1n) is 10.7. The first kappa shape index (κ1) is 25.4. The van der Waals surface area contributed by atoms with Crippen molar-refractivity contribution in [3.63, 3.8) is 0 Å². The minimum Gasteiger partial charge on any atom is -0.543 e. The van der Waals surface area contributed by atoms with Gasteiger partial charge in [0.25, 0.3) is 11.8 Å². The van der Waals surface area contributed by atoms with E-state index in [9.17, 15) is 29.7 Å². The number of β-lactam (4-membered cyclic amide) rings is 1. The summed E-state index contributed by atoms with van der Waals surface area (Å²) in [6.45, 7) is 0.449. The lowest BCUT2D eigenvalue weighted by Gasteiger charge is -2.51. The molecule has 3 aliphatic heterocycles. The smallest absolute Gasteiger partial charge is 0.276 e. The normalized spacial score (nSPS) is 30.7. The van der Waals surface area contributed by atoms with Gasteiger partial charge in [0.2, 0.25) is 0 Å². The Morgan fingerprint density at radius 1 is 1.49 bits per heavy atom. The summed E-state index contributed by atoms with van der Waals surface area (Å²) in [4.78, 5) is 47.8. The number of hydrogen-bond donors (Lipinski definition) is 4. The van der Waals surface area contributed by atoms with Crippen molar-refractivity contribution in [3.05, 3.63) is 22.3 Å². The van der Waals surface area contributed by atoms with Crippen LogP contribution in [0.5, 0.6) is 0 Å². The second-order valence-corrected chi connectivity index (χ2v) is 10.8. The molecule has 0 radical (unpaired) electrons. The van der Waals surface area contributed by atoms with Gasteiger partial charge in [-0.05, 0) is 0 Å². The van der Waals surface area contributed by atoms with Crippen molar-refractivity contribution in [2.45, 2.75) is 30.0 Å². The molecule has 35 heavy (non-hydrogen) atoms. The molecule has 0 saturated carbocycles. The van der Waals surface area contributed by atoms with Gasteiger partial charge in [-0.3, -0.25) is 14.5 Å². The van der Waals surface area contributed by atoms with Crippen LogP contribution in [-0.4, -0.2) is 111 Å². The lowest BCUT2D eigenvalue weighted by Crippen LogP contribution is -2.72. The second kappa shape index (κ2) is 9.73. The Labute approximate surface area is 208 Å². The topological polar surface area (TPSA) is 190 Å². The molecular weight excluding hydrogens is 500 g/mol. The molecule has 0 spiro atoms. The van der Waals surface area contributed by atoms with Crippen molar-refractivity contribution >= 4 is 51.7 Å². The van der Waals surface area contributed by atoms with Gasteiger partial charge >= 0.3 is 0 Å². The monoisotopic (exact) mass is 526 g/mol. The number of thiazole rings is 1. The number of nitrogens with zero attached hydrogens (tertiary/aromatic N) is 4. The van der Waals surface area contributed by atoms with Crippen LogP contribution in [0.1, 0.15) is 12.1 Å². The molecule has 0 aliphatic carbocycles.